The Hall–Kier alpha value is -1.24. The minimum atomic E-state index is -2.34. The molecule has 1 aliphatic rings. The molecule has 116 valence electrons. The zero-order chi connectivity index (χ0) is 15.4. The average Bonchev–Trinajstić information content (AvgIpc) is 2.46. The van der Waals surface area contributed by atoms with Gasteiger partial charge in [0.25, 0.3) is 6.43 Å². The topological polar surface area (TPSA) is 41.6 Å². The molecule has 1 aromatic rings. The van der Waals surface area contributed by atoms with Crippen LogP contribution in [0.2, 0.25) is 5.02 Å². The van der Waals surface area contributed by atoms with Crippen LogP contribution in [0.3, 0.4) is 0 Å². The Morgan fingerprint density at radius 3 is 2.95 bits per heavy atom. The number of esters is 1. The number of piperazine rings is 1. The number of hydrogen-bond donors (Lipinski definition) is 1. The molecule has 1 heterocycles. The van der Waals surface area contributed by atoms with E-state index in [-0.39, 0.29) is 12.6 Å². The third kappa shape index (κ3) is 4.12. The van der Waals surface area contributed by atoms with Crippen molar-refractivity contribution in [2.75, 3.05) is 33.3 Å². The van der Waals surface area contributed by atoms with E-state index in [4.69, 9.17) is 11.6 Å². The molecule has 0 aromatic heterocycles. The smallest absolute Gasteiger partial charge is 0.339 e. The number of benzene rings is 1. The van der Waals surface area contributed by atoms with E-state index in [0.29, 0.717) is 30.2 Å². The molecule has 0 amide bonds. The fourth-order valence-corrected chi connectivity index (χ4v) is 2.68. The molecule has 0 bridgehead atoms. The number of carbonyl (C=O) groups is 1. The van der Waals surface area contributed by atoms with Crippen LogP contribution in [0.1, 0.15) is 22.0 Å². The molecule has 1 aromatic carbocycles. The zero-order valence-electron chi connectivity index (χ0n) is 11.6. The summed E-state index contributed by atoms with van der Waals surface area (Å²) < 4.78 is 29.6. The first kappa shape index (κ1) is 16.1. The Morgan fingerprint density at radius 2 is 2.33 bits per heavy atom. The highest BCUT2D eigenvalue weighted by Gasteiger charge is 2.23. The van der Waals surface area contributed by atoms with Crippen molar-refractivity contribution in [2.24, 2.45) is 0 Å². The summed E-state index contributed by atoms with van der Waals surface area (Å²) in [5.41, 5.74) is 1.16. The fourth-order valence-electron chi connectivity index (χ4n) is 2.42. The zero-order valence-corrected chi connectivity index (χ0v) is 12.4. The van der Waals surface area contributed by atoms with Gasteiger partial charge in [-0.15, -0.1) is 0 Å². The minimum Gasteiger partial charge on any atom is -0.465 e. The third-order valence-corrected chi connectivity index (χ3v) is 3.77. The number of hydrogen-bond acceptors (Lipinski definition) is 4. The molecule has 21 heavy (non-hydrogen) atoms. The predicted octanol–water partition coefficient (Wildman–Crippen LogP) is 2.34. The lowest BCUT2D eigenvalue weighted by Gasteiger charge is -2.33. The van der Waals surface area contributed by atoms with Crippen molar-refractivity contribution in [3.8, 4) is 0 Å². The standard InChI is InChI=1S/C14H17ClF2N2O2/c1-21-14(20)10-3-2-9(6-11(10)15)12-7-19(5-4-18-12)8-13(16)17/h2-3,6,12-13,18H,4-5,7-8H2,1H3. The first-order valence-corrected chi connectivity index (χ1v) is 7.00. The molecule has 2 rings (SSSR count). The number of alkyl halides is 2. The predicted molar refractivity (Wildman–Crippen MR) is 76.0 cm³/mol. The second-order valence-corrected chi connectivity index (χ2v) is 5.30. The maximum absolute atomic E-state index is 12.5. The molecular weight excluding hydrogens is 302 g/mol. The molecule has 1 atom stereocenters. The van der Waals surface area contributed by atoms with Gasteiger partial charge in [0.2, 0.25) is 0 Å². The van der Waals surface area contributed by atoms with Gasteiger partial charge in [-0.3, -0.25) is 4.90 Å². The molecule has 1 unspecified atom stereocenters. The minimum absolute atomic E-state index is 0.0818. The highest BCUT2D eigenvalue weighted by molar-refractivity contribution is 6.33. The van der Waals surface area contributed by atoms with E-state index in [1.54, 1.807) is 23.1 Å². The van der Waals surface area contributed by atoms with Crippen LogP contribution in [0.4, 0.5) is 8.78 Å². The summed E-state index contributed by atoms with van der Waals surface area (Å²) >= 11 is 6.08. The Labute approximate surface area is 127 Å². The van der Waals surface area contributed by atoms with Crippen molar-refractivity contribution < 1.29 is 18.3 Å². The lowest BCUT2D eigenvalue weighted by Crippen LogP contribution is -2.47. The van der Waals surface area contributed by atoms with Crippen molar-refractivity contribution in [3.05, 3.63) is 34.3 Å². The van der Waals surface area contributed by atoms with E-state index in [0.717, 1.165) is 5.56 Å². The van der Waals surface area contributed by atoms with E-state index < -0.39 is 12.4 Å². The van der Waals surface area contributed by atoms with Gasteiger partial charge in [0, 0.05) is 25.7 Å². The summed E-state index contributed by atoms with van der Waals surface area (Å²) in [6.07, 6.45) is -2.34. The monoisotopic (exact) mass is 318 g/mol. The van der Waals surface area contributed by atoms with Gasteiger partial charge in [0.1, 0.15) is 0 Å². The van der Waals surface area contributed by atoms with Crippen molar-refractivity contribution in [1.82, 2.24) is 10.2 Å². The normalized spacial score (nSPS) is 19.8. The summed E-state index contributed by atoms with van der Waals surface area (Å²) in [5, 5.41) is 3.57. The maximum Gasteiger partial charge on any atom is 0.339 e. The largest absolute Gasteiger partial charge is 0.465 e. The van der Waals surface area contributed by atoms with E-state index in [1.165, 1.54) is 7.11 Å². The first-order chi connectivity index (χ1) is 10.0. The summed E-state index contributed by atoms with van der Waals surface area (Å²) in [5.74, 6) is -0.498. The molecule has 0 spiro atoms. The van der Waals surface area contributed by atoms with Crippen LogP contribution in [-0.4, -0.2) is 50.6 Å². The fraction of sp³-hybridized carbons (Fsp3) is 0.500. The van der Waals surface area contributed by atoms with E-state index >= 15 is 0 Å². The number of nitrogens with zero attached hydrogens (tertiary/aromatic N) is 1. The van der Waals surface area contributed by atoms with Crippen molar-refractivity contribution in [3.63, 3.8) is 0 Å². The van der Waals surface area contributed by atoms with Crippen LogP contribution in [-0.2, 0) is 4.74 Å². The van der Waals surface area contributed by atoms with Gasteiger partial charge >= 0.3 is 5.97 Å². The number of carbonyl (C=O) groups excluding carboxylic acids is 1. The maximum atomic E-state index is 12.5. The van der Waals surface area contributed by atoms with Gasteiger partial charge in [-0.2, -0.15) is 0 Å². The van der Waals surface area contributed by atoms with Gasteiger partial charge in [-0.05, 0) is 17.7 Å². The van der Waals surface area contributed by atoms with Gasteiger partial charge in [0.15, 0.2) is 0 Å². The molecule has 1 fully saturated rings. The number of rotatable bonds is 4. The molecule has 0 aliphatic carbocycles. The van der Waals surface area contributed by atoms with Crippen molar-refractivity contribution in [1.29, 1.82) is 0 Å². The van der Waals surface area contributed by atoms with Gasteiger partial charge in [0.05, 0.1) is 24.2 Å². The lowest BCUT2D eigenvalue weighted by atomic mass is 10.0. The number of halogens is 3. The van der Waals surface area contributed by atoms with E-state index in [9.17, 15) is 13.6 Å². The molecule has 0 saturated carbocycles. The van der Waals surface area contributed by atoms with Crippen LogP contribution in [0.15, 0.2) is 18.2 Å². The Morgan fingerprint density at radius 1 is 1.57 bits per heavy atom. The van der Waals surface area contributed by atoms with Gasteiger partial charge in [-0.1, -0.05) is 17.7 Å². The quantitative estimate of drug-likeness (QED) is 0.865. The van der Waals surface area contributed by atoms with Crippen LogP contribution in [0.25, 0.3) is 0 Å². The van der Waals surface area contributed by atoms with Gasteiger partial charge in [-0.25, -0.2) is 13.6 Å². The molecular formula is C14H17ClF2N2O2. The van der Waals surface area contributed by atoms with E-state index in [2.05, 4.69) is 10.1 Å². The second-order valence-electron chi connectivity index (χ2n) is 4.89. The highest BCUT2D eigenvalue weighted by atomic mass is 35.5. The molecule has 1 N–H and O–H groups in total. The molecule has 7 heteroatoms. The Balaban J connectivity index is 2.11. The molecule has 1 saturated heterocycles. The molecule has 1 aliphatic heterocycles. The average molecular weight is 319 g/mol. The van der Waals surface area contributed by atoms with Crippen LogP contribution in [0, 0.1) is 0 Å². The van der Waals surface area contributed by atoms with Crippen LogP contribution in [0.5, 0.6) is 0 Å². The first-order valence-electron chi connectivity index (χ1n) is 6.63. The Bertz CT molecular complexity index is 514. The van der Waals surface area contributed by atoms with Crippen LogP contribution < -0.4 is 5.32 Å². The second kappa shape index (κ2) is 7.15. The SMILES string of the molecule is COC(=O)c1ccc(C2CN(CC(F)F)CCN2)cc1Cl. The summed E-state index contributed by atoms with van der Waals surface area (Å²) in [4.78, 5) is 13.2. The number of methoxy groups -OCH3 is 1. The van der Waals surface area contributed by atoms with Gasteiger partial charge < -0.3 is 10.1 Å². The summed E-state index contributed by atoms with van der Waals surface area (Å²) in [6.45, 7) is 1.48. The highest BCUT2D eigenvalue weighted by Crippen LogP contribution is 2.24. The summed E-state index contributed by atoms with van der Waals surface area (Å²) in [7, 11) is 1.29. The third-order valence-electron chi connectivity index (χ3n) is 3.46. The molecule has 0 radical (unpaired) electrons. The number of ether oxygens (including phenoxy) is 1. The van der Waals surface area contributed by atoms with Crippen molar-refractivity contribution in [2.45, 2.75) is 12.5 Å². The Kier molecular flexibility index (Phi) is 5.50. The van der Waals surface area contributed by atoms with E-state index in [1.807, 2.05) is 0 Å². The molecule has 4 nitrogen and oxygen atoms in total. The number of nitrogens with one attached hydrogen (secondary N) is 1. The van der Waals surface area contributed by atoms with Crippen molar-refractivity contribution >= 4 is 17.6 Å². The van der Waals surface area contributed by atoms with Crippen LogP contribution >= 0.6 is 11.6 Å². The lowest BCUT2D eigenvalue weighted by molar-refractivity contribution is 0.0600. The summed E-state index contributed by atoms with van der Waals surface area (Å²) in [6, 6.07) is 4.96.